The van der Waals surface area contributed by atoms with E-state index in [-0.39, 0.29) is 5.60 Å². The fourth-order valence-corrected chi connectivity index (χ4v) is 6.87. The molecule has 4 aromatic rings. The van der Waals surface area contributed by atoms with Crippen LogP contribution in [0.4, 0.5) is 0 Å². The van der Waals surface area contributed by atoms with E-state index in [0.717, 1.165) is 34.3 Å². The van der Waals surface area contributed by atoms with Gasteiger partial charge in [-0.25, -0.2) is 9.97 Å². The molecule has 0 amide bonds. The van der Waals surface area contributed by atoms with Gasteiger partial charge in [0.2, 0.25) is 0 Å². The van der Waals surface area contributed by atoms with Crippen LogP contribution in [0.3, 0.4) is 0 Å². The van der Waals surface area contributed by atoms with E-state index in [4.69, 9.17) is 14.7 Å². The molecule has 2 aromatic heterocycles. The molecule has 0 aliphatic carbocycles. The highest BCUT2D eigenvalue weighted by Gasteiger charge is 2.30. The molecule has 0 spiro atoms. The second kappa shape index (κ2) is 8.94. The molecule has 1 aliphatic heterocycles. The molecule has 2 aromatic carbocycles. The summed E-state index contributed by atoms with van der Waals surface area (Å²) in [5.41, 5.74) is 4.64. The minimum Gasteiger partial charge on any atom is -0.370 e. The lowest BCUT2D eigenvalue weighted by molar-refractivity contribution is -0.0383. The normalized spacial score (nSPS) is 15.2. The first-order valence-electron chi connectivity index (χ1n) is 10.4. The van der Waals surface area contributed by atoms with Crippen LogP contribution in [-0.2, 0) is 29.3 Å². The predicted molar refractivity (Wildman–Crippen MR) is 132 cm³/mol. The summed E-state index contributed by atoms with van der Waals surface area (Å²) in [6.45, 7) is 4.96. The summed E-state index contributed by atoms with van der Waals surface area (Å²) < 4.78 is 7.35. The van der Waals surface area contributed by atoms with E-state index in [1.165, 1.54) is 25.6 Å². The topological polar surface area (TPSA) is 35.0 Å². The zero-order chi connectivity index (χ0) is 21.3. The Kier molecular flexibility index (Phi) is 6.06. The van der Waals surface area contributed by atoms with Crippen LogP contribution in [-0.4, -0.2) is 15.6 Å². The van der Waals surface area contributed by atoms with Gasteiger partial charge in [0.1, 0.15) is 0 Å². The molecule has 0 saturated heterocycles. The van der Waals surface area contributed by atoms with Crippen molar-refractivity contribution in [1.29, 1.82) is 0 Å². The quantitative estimate of drug-likeness (QED) is 0.224. The molecule has 3 heterocycles. The van der Waals surface area contributed by atoms with Crippen molar-refractivity contribution in [3.05, 3.63) is 82.4 Å². The Hall–Kier alpha value is -1.86. The van der Waals surface area contributed by atoms with Crippen molar-refractivity contribution in [3.63, 3.8) is 0 Å². The van der Waals surface area contributed by atoms with Crippen LogP contribution in [0.15, 0.2) is 70.7 Å². The summed E-state index contributed by atoms with van der Waals surface area (Å²) in [5.74, 6) is 1.71. The van der Waals surface area contributed by atoms with E-state index in [9.17, 15) is 0 Å². The molecule has 0 N–H and O–H groups in total. The fourth-order valence-electron chi connectivity index (χ4n) is 3.65. The minimum atomic E-state index is -0.120. The summed E-state index contributed by atoms with van der Waals surface area (Å²) >= 11 is 5.40. The maximum Gasteiger partial charge on any atom is 0.188 e. The van der Waals surface area contributed by atoms with Gasteiger partial charge >= 0.3 is 0 Å². The number of nitrogens with zero attached hydrogens (tertiary/aromatic N) is 2. The SMILES string of the molecule is CC1(C)Cc2sc3c(CSc4ccccc4)nc(SCc4ccccc4)nc3c2CO1. The summed E-state index contributed by atoms with van der Waals surface area (Å²) in [4.78, 5) is 12.7. The standard InChI is InChI=1S/C25H24N2OS3/c1-25(2)13-21-19(14-28-25)22-23(31-21)20(16-29-18-11-7-4-8-12-18)26-24(27-22)30-15-17-9-5-3-6-10-17/h3-12H,13-16H2,1-2H3. The molecule has 6 heteroatoms. The highest BCUT2D eigenvalue weighted by Crippen LogP contribution is 2.41. The maximum absolute atomic E-state index is 6.13. The molecule has 0 radical (unpaired) electrons. The Morgan fingerprint density at radius 1 is 0.935 bits per heavy atom. The zero-order valence-electron chi connectivity index (χ0n) is 17.6. The Balaban J connectivity index is 1.49. The molecule has 0 saturated carbocycles. The van der Waals surface area contributed by atoms with Gasteiger partial charge in [0.25, 0.3) is 0 Å². The monoisotopic (exact) mass is 464 g/mol. The first-order valence-corrected chi connectivity index (χ1v) is 13.2. The zero-order valence-corrected chi connectivity index (χ0v) is 20.1. The van der Waals surface area contributed by atoms with E-state index in [1.807, 2.05) is 23.1 Å². The highest BCUT2D eigenvalue weighted by molar-refractivity contribution is 7.98. The van der Waals surface area contributed by atoms with Gasteiger partial charge < -0.3 is 4.74 Å². The Morgan fingerprint density at radius 3 is 2.45 bits per heavy atom. The fraction of sp³-hybridized carbons (Fsp3) is 0.280. The summed E-state index contributed by atoms with van der Waals surface area (Å²) in [6.07, 6.45) is 0.932. The Bertz CT molecular complexity index is 1190. The molecular formula is C25H24N2OS3. The lowest BCUT2D eigenvalue weighted by Crippen LogP contribution is -2.30. The Morgan fingerprint density at radius 2 is 1.68 bits per heavy atom. The van der Waals surface area contributed by atoms with Gasteiger partial charge in [0, 0.05) is 33.3 Å². The van der Waals surface area contributed by atoms with Crippen molar-refractivity contribution < 1.29 is 4.74 Å². The number of hydrogen-bond acceptors (Lipinski definition) is 6. The molecule has 3 nitrogen and oxygen atoms in total. The smallest absolute Gasteiger partial charge is 0.188 e. The second-order valence-corrected chi connectivity index (χ2v) is 11.3. The van der Waals surface area contributed by atoms with Crippen LogP contribution in [0.5, 0.6) is 0 Å². The molecule has 158 valence electrons. The molecule has 1 aliphatic rings. The molecule has 0 atom stereocenters. The van der Waals surface area contributed by atoms with Crippen LogP contribution in [0.1, 0.15) is 35.5 Å². The first kappa shape index (κ1) is 21.0. The number of thiophene rings is 1. The van der Waals surface area contributed by atoms with Gasteiger partial charge in [-0.2, -0.15) is 0 Å². The summed E-state index contributed by atoms with van der Waals surface area (Å²) in [5, 5.41) is 0.852. The van der Waals surface area contributed by atoms with E-state index in [1.54, 1.807) is 11.8 Å². The lowest BCUT2D eigenvalue weighted by Gasteiger charge is -2.29. The van der Waals surface area contributed by atoms with Crippen LogP contribution >= 0.6 is 34.9 Å². The third kappa shape index (κ3) is 4.82. The van der Waals surface area contributed by atoms with Crippen molar-refractivity contribution in [2.24, 2.45) is 0 Å². The summed E-state index contributed by atoms with van der Waals surface area (Å²) in [7, 11) is 0. The Labute approximate surface area is 195 Å². The van der Waals surface area contributed by atoms with Crippen molar-refractivity contribution in [2.45, 2.75) is 54.0 Å². The number of fused-ring (bicyclic) bond motifs is 3. The summed E-state index contributed by atoms with van der Waals surface area (Å²) in [6, 6.07) is 21.1. The molecular weight excluding hydrogens is 440 g/mol. The average molecular weight is 465 g/mol. The average Bonchev–Trinajstić information content (AvgIpc) is 3.14. The predicted octanol–water partition coefficient (Wildman–Crippen LogP) is 7.13. The van der Waals surface area contributed by atoms with Crippen LogP contribution in [0.25, 0.3) is 10.2 Å². The van der Waals surface area contributed by atoms with E-state index in [2.05, 4.69) is 74.5 Å². The van der Waals surface area contributed by atoms with Gasteiger partial charge in [-0.15, -0.1) is 23.1 Å². The lowest BCUT2D eigenvalue weighted by atomic mass is 9.98. The van der Waals surface area contributed by atoms with Crippen LogP contribution in [0.2, 0.25) is 0 Å². The minimum absolute atomic E-state index is 0.120. The third-order valence-corrected chi connectivity index (χ3v) is 8.50. The van der Waals surface area contributed by atoms with Crippen molar-refractivity contribution in [3.8, 4) is 0 Å². The molecule has 31 heavy (non-hydrogen) atoms. The van der Waals surface area contributed by atoms with E-state index >= 15 is 0 Å². The van der Waals surface area contributed by atoms with E-state index < -0.39 is 0 Å². The van der Waals surface area contributed by atoms with Crippen molar-refractivity contribution in [2.75, 3.05) is 0 Å². The van der Waals surface area contributed by atoms with E-state index in [0.29, 0.717) is 6.61 Å². The van der Waals surface area contributed by atoms with Crippen molar-refractivity contribution in [1.82, 2.24) is 9.97 Å². The number of ether oxygens (including phenoxy) is 1. The largest absolute Gasteiger partial charge is 0.370 e. The number of rotatable bonds is 6. The van der Waals surface area contributed by atoms with Crippen LogP contribution in [0, 0.1) is 0 Å². The number of thioether (sulfide) groups is 2. The molecule has 5 rings (SSSR count). The number of aromatic nitrogens is 2. The van der Waals surface area contributed by atoms with Crippen LogP contribution < -0.4 is 0 Å². The van der Waals surface area contributed by atoms with Gasteiger partial charge in [0.05, 0.1) is 28.1 Å². The third-order valence-electron chi connectivity index (χ3n) is 5.29. The van der Waals surface area contributed by atoms with Gasteiger partial charge in [-0.1, -0.05) is 60.3 Å². The van der Waals surface area contributed by atoms with Gasteiger partial charge in [-0.05, 0) is 31.5 Å². The van der Waals surface area contributed by atoms with Crippen molar-refractivity contribution >= 4 is 45.1 Å². The molecule has 0 bridgehead atoms. The molecule has 0 fully saturated rings. The number of hydrogen-bond donors (Lipinski definition) is 0. The van der Waals surface area contributed by atoms with Gasteiger partial charge in [-0.3, -0.25) is 0 Å². The first-order chi connectivity index (χ1) is 15.1. The second-order valence-electron chi connectivity index (χ2n) is 8.24. The molecule has 0 unspecified atom stereocenters. The highest BCUT2D eigenvalue weighted by atomic mass is 32.2. The number of benzene rings is 2. The van der Waals surface area contributed by atoms with Gasteiger partial charge in [0.15, 0.2) is 5.16 Å². The maximum atomic E-state index is 6.13.